The molecule has 1 N–H and O–H groups in total. The number of halogens is 1. The number of likely N-dealkylation sites (tertiary alicyclic amines) is 1. The normalized spacial score (nSPS) is 23.5. The maximum Gasteiger partial charge on any atom is 0.321 e. The number of methoxy groups -OCH3 is 1. The summed E-state index contributed by atoms with van der Waals surface area (Å²) in [6, 6.07) is 5.03. The average Bonchev–Trinajstić information content (AvgIpc) is 2.73. The molecule has 2 unspecified atom stereocenters. The van der Waals surface area contributed by atoms with E-state index in [9.17, 15) is 9.90 Å². The molecule has 0 spiro atoms. The lowest BCUT2D eigenvalue weighted by atomic mass is 10.0. The van der Waals surface area contributed by atoms with E-state index in [2.05, 4.69) is 0 Å². The fourth-order valence-electron chi connectivity index (χ4n) is 2.69. The van der Waals surface area contributed by atoms with E-state index < -0.39 is 12.0 Å². The summed E-state index contributed by atoms with van der Waals surface area (Å²) >= 11 is 6.20. The molecular formula is C14H18ClNO3. The number of ether oxygens (including phenoxy) is 1. The largest absolute Gasteiger partial charge is 0.496 e. The highest BCUT2D eigenvalue weighted by molar-refractivity contribution is 6.31. The molecule has 0 amide bonds. The summed E-state index contributed by atoms with van der Waals surface area (Å²) < 4.78 is 5.30. The zero-order valence-electron chi connectivity index (χ0n) is 11.1. The third-order valence-corrected chi connectivity index (χ3v) is 4.07. The summed E-state index contributed by atoms with van der Waals surface area (Å²) in [4.78, 5) is 13.3. The van der Waals surface area contributed by atoms with Gasteiger partial charge in [0.15, 0.2) is 0 Å². The topological polar surface area (TPSA) is 49.8 Å². The van der Waals surface area contributed by atoms with Gasteiger partial charge in [0.2, 0.25) is 0 Å². The molecule has 1 aliphatic heterocycles. The first-order valence-electron chi connectivity index (χ1n) is 6.32. The number of carboxylic acids is 1. The van der Waals surface area contributed by atoms with Crippen LogP contribution in [0.5, 0.6) is 5.75 Å². The van der Waals surface area contributed by atoms with Gasteiger partial charge in [-0.05, 0) is 31.0 Å². The van der Waals surface area contributed by atoms with Gasteiger partial charge in [0.05, 0.1) is 7.11 Å². The summed E-state index contributed by atoms with van der Waals surface area (Å²) in [7, 11) is 1.59. The Morgan fingerprint density at radius 3 is 2.95 bits per heavy atom. The maximum absolute atomic E-state index is 11.3. The highest BCUT2D eigenvalue weighted by Gasteiger charge is 2.37. The minimum atomic E-state index is -0.768. The molecule has 0 aromatic heterocycles. The van der Waals surface area contributed by atoms with Gasteiger partial charge < -0.3 is 9.84 Å². The Morgan fingerprint density at radius 1 is 1.58 bits per heavy atom. The number of nitrogens with zero attached hydrogens (tertiary/aromatic N) is 1. The Hall–Kier alpha value is -1.26. The summed E-state index contributed by atoms with van der Waals surface area (Å²) in [5.74, 6) is 0.0956. The van der Waals surface area contributed by atoms with Crippen molar-refractivity contribution in [2.24, 2.45) is 5.92 Å². The Bertz CT molecular complexity index is 478. The van der Waals surface area contributed by atoms with E-state index in [1.807, 2.05) is 24.0 Å². The molecule has 19 heavy (non-hydrogen) atoms. The molecule has 104 valence electrons. The molecule has 1 saturated heterocycles. The van der Waals surface area contributed by atoms with Crippen LogP contribution in [0, 0.1) is 5.92 Å². The van der Waals surface area contributed by atoms with Crippen molar-refractivity contribution in [1.82, 2.24) is 4.90 Å². The van der Waals surface area contributed by atoms with Gasteiger partial charge in [0.1, 0.15) is 11.8 Å². The van der Waals surface area contributed by atoms with Crippen molar-refractivity contribution in [2.45, 2.75) is 25.9 Å². The number of benzene rings is 1. The third kappa shape index (κ3) is 2.85. The highest BCUT2D eigenvalue weighted by Crippen LogP contribution is 2.32. The molecule has 1 heterocycles. The van der Waals surface area contributed by atoms with Crippen LogP contribution in [0.25, 0.3) is 0 Å². The van der Waals surface area contributed by atoms with Crippen LogP contribution in [0.15, 0.2) is 18.2 Å². The number of rotatable bonds is 4. The number of hydrogen-bond acceptors (Lipinski definition) is 3. The van der Waals surface area contributed by atoms with Gasteiger partial charge in [-0.25, -0.2) is 0 Å². The second-order valence-electron chi connectivity index (χ2n) is 4.94. The van der Waals surface area contributed by atoms with Crippen molar-refractivity contribution in [1.29, 1.82) is 0 Å². The molecular weight excluding hydrogens is 266 g/mol. The first kappa shape index (κ1) is 14.2. The SMILES string of the molecule is COc1cccc(Cl)c1CN1CCC(C)C1C(=O)O. The van der Waals surface area contributed by atoms with Crippen molar-refractivity contribution in [3.63, 3.8) is 0 Å². The van der Waals surface area contributed by atoms with Gasteiger partial charge in [-0.3, -0.25) is 9.69 Å². The van der Waals surface area contributed by atoms with Crippen LogP contribution in [-0.2, 0) is 11.3 Å². The Balaban J connectivity index is 2.24. The van der Waals surface area contributed by atoms with E-state index in [-0.39, 0.29) is 5.92 Å². The standard InChI is InChI=1S/C14H18ClNO3/c1-9-6-7-16(13(9)14(17)18)8-10-11(15)4-3-5-12(10)19-2/h3-5,9,13H,6-8H2,1-2H3,(H,17,18). The maximum atomic E-state index is 11.3. The molecule has 1 aromatic carbocycles. The molecule has 4 nitrogen and oxygen atoms in total. The second kappa shape index (κ2) is 5.80. The Labute approximate surface area is 117 Å². The third-order valence-electron chi connectivity index (χ3n) is 3.71. The number of carboxylic acid groups (broad SMARTS) is 1. The van der Waals surface area contributed by atoms with Gasteiger partial charge in [0, 0.05) is 17.1 Å². The zero-order chi connectivity index (χ0) is 14.0. The molecule has 0 aliphatic carbocycles. The van der Waals surface area contributed by atoms with Crippen molar-refractivity contribution < 1.29 is 14.6 Å². The smallest absolute Gasteiger partial charge is 0.321 e. The van der Waals surface area contributed by atoms with Crippen LogP contribution >= 0.6 is 11.6 Å². The van der Waals surface area contributed by atoms with Crippen LogP contribution in [0.4, 0.5) is 0 Å². The lowest BCUT2D eigenvalue weighted by molar-refractivity contribution is -0.143. The van der Waals surface area contributed by atoms with Gasteiger partial charge in [-0.15, -0.1) is 0 Å². The first-order chi connectivity index (χ1) is 9.04. The fraction of sp³-hybridized carbons (Fsp3) is 0.500. The molecule has 2 atom stereocenters. The number of carbonyl (C=O) groups is 1. The van der Waals surface area contributed by atoms with E-state index in [0.29, 0.717) is 17.3 Å². The molecule has 5 heteroatoms. The first-order valence-corrected chi connectivity index (χ1v) is 6.70. The van der Waals surface area contributed by atoms with Crippen molar-refractivity contribution in [3.8, 4) is 5.75 Å². The summed E-state index contributed by atoms with van der Waals surface area (Å²) in [6.07, 6.45) is 0.893. The Morgan fingerprint density at radius 2 is 2.32 bits per heavy atom. The second-order valence-corrected chi connectivity index (χ2v) is 5.35. The molecule has 2 rings (SSSR count). The summed E-state index contributed by atoms with van der Waals surface area (Å²) in [5, 5.41) is 9.94. The van der Waals surface area contributed by atoms with Crippen LogP contribution in [-0.4, -0.2) is 35.7 Å². The lowest BCUT2D eigenvalue weighted by Crippen LogP contribution is -2.38. The van der Waals surface area contributed by atoms with Gasteiger partial charge in [-0.1, -0.05) is 24.6 Å². The minimum Gasteiger partial charge on any atom is -0.496 e. The van der Waals surface area contributed by atoms with Crippen LogP contribution in [0.3, 0.4) is 0 Å². The zero-order valence-corrected chi connectivity index (χ0v) is 11.9. The number of hydrogen-bond donors (Lipinski definition) is 1. The van der Waals surface area contributed by atoms with Gasteiger partial charge in [0.25, 0.3) is 0 Å². The quantitative estimate of drug-likeness (QED) is 0.923. The Kier molecular flexibility index (Phi) is 4.32. The molecule has 1 fully saturated rings. The minimum absolute atomic E-state index is 0.158. The molecule has 1 aliphatic rings. The summed E-state index contributed by atoms with van der Waals surface area (Å²) in [6.45, 7) is 3.25. The van der Waals surface area contributed by atoms with Crippen LogP contribution < -0.4 is 4.74 Å². The molecule has 0 radical (unpaired) electrons. The summed E-state index contributed by atoms with van der Waals surface area (Å²) in [5.41, 5.74) is 0.854. The number of aliphatic carboxylic acids is 1. The monoisotopic (exact) mass is 283 g/mol. The van der Waals surface area contributed by atoms with Crippen LogP contribution in [0.1, 0.15) is 18.9 Å². The van der Waals surface area contributed by atoms with E-state index >= 15 is 0 Å². The van der Waals surface area contributed by atoms with E-state index in [4.69, 9.17) is 16.3 Å². The average molecular weight is 284 g/mol. The predicted octanol–water partition coefficient (Wildman–Crippen LogP) is 2.64. The molecule has 1 aromatic rings. The van der Waals surface area contributed by atoms with Gasteiger partial charge >= 0.3 is 5.97 Å². The highest BCUT2D eigenvalue weighted by atomic mass is 35.5. The van der Waals surface area contributed by atoms with Crippen molar-refractivity contribution in [2.75, 3.05) is 13.7 Å². The van der Waals surface area contributed by atoms with E-state index in [1.54, 1.807) is 13.2 Å². The lowest BCUT2D eigenvalue weighted by Gasteiger charge is -2.24. The van der Waals surface area contributed by atoms with Crippen molar-refractivity contribution in [3.05, 3.63) is 28.8 Å². The fourth-order valence-corrected chi connectivity index (χ4v) is 2.92. The van der Waals surface area contributed by atoms with Crippen LogP contribution in [0.2, 0.25) is 5.02 Å². The van der Waals surface area contributed by atoms with E-state index in [1.165, 1.54) is 0 Å². The van der Waals surface area contributed by atoms with E-state index in [0.717, 1.165) is 18.5 Å². The van der Waals surface area contributed by atoms with Gasteiger partial charge in [-0.2, -0.15) is 0 Å². The van der Waals surface area contributed by atoms with Crippen molar-refractivity contribution >= 4 is 17.6 Å². The predicted molar refractivity (Wildman–Crippen MR) is 73.6 cm³/mol. The molecule has 0 bridgehead atoms. The molecule has 0 saturated carbocycles.